The maximum Gasteiger partial charge on any atom is 0.266 e. The summed E-state index contributed by atoms with van der Waals surface area (Å²) in [5.41, 5.74) is -0.237. The molecule has 4 aromatic rings. The van der Waals surface area contributed by atoms with Gasteiger partial charge in [-0.2, -0.15) is 0 Å². The Balaban J connectivity index is 1.86. The molecule has 0 bridgehead atoms. The molecule has 2 heterocycles. The zero-order valence-corrected chi connectivity index (χ0v) is 16.6. The molecular weight excluding hydrogens is 422 g/mol. The molecule has 2 aromatic heterocycles. The average molecular weight is 435 g/mol. The van der Waals surface area contributed by atoms with Gasteiger partial charge < -0.3 is 4.42 Å². The van der Waals surface area contributed by atoms with Gasteiger partial charge in [0.15, 0.2) is 5.16 Å². The summed E-state index contributed by atoms with van der Waals surface area (Å²) in [6, 6.07) is 7.66. The Kier molecular flexibility index (Phi) is 5.33. The monoisotopic (exact) mass is 434 g/mol. The zero-order chi connectivity index (χ0) is 20.5. The van der Waals surface area contributed by atoms with Crippen LogP contribution < -0.4 is 5.56 Å². The normalized spacial score (nSPS) is 11.3. The molecule has 10 heteroatoms. The molecule has 0 aliphatic heterocycles. The Hall–Kier alpha value is -2.78. The second-order valence-corrected chi connectivity index (χ2v) is 7.40. The maximum absolute atomic E-state index is 14.5. The molecule has 0 radical (unpaired) electrons. The van der Waals surface area contributed by atoms with Crippen molar-refractivity contribution in [2.45, 2.75) is 24.3 Å². The average Bonchev–Trinajstić information content (AvgIpc) is 3.16. The van der Waals surface area contributed by atoms with Crippen LogP contribution in [0.3, 0.4) is 0 Å². The van der Waals surface area contributed by atoms with E-state index in [-0.39, 0.29) is 22.0 Å². The lowest BCUT2D eigenvalue weighted by Gasteiger charge is -2.13. The molecule has 0 fully saturated rings. The summed E-state index contributed by atoms with van der Waals surface area (Å²) in [7, 11) is 0. The number of aryl methyl sites for hydroxylation is 1. The van der Waals surface area contributed by atoms with Crippen LogP contribution >= 0.6 is 23.4 Å². The van der Waals surface area contributed by atoms with Crippen LogP contribution in [0.25, 0.3) is 16.6 Å². The second-order valence-electron chi connectivity index (χ2n) is 6.02. The first-order chi connectivity index (χ1) is 14.0. The van der Waals surface area contributed by atoms with Crippen LogP contribution in [0.2, 0.25) is 5.02 Å². The minimum Gasteiger partial charge on any atom is -0.424 e. The molecule has 0 N–H and O–H groups in total. The molecule has 148 valence electrons. The Morgan fingerprint density at radius 1 is 1.14 bits per heavy atom. The third-order valence-corrected chi connectivity index (χ3v) is 5.24. The van der Waals surface area contributed by atoms with Crippen molar-refractivity contribution in [3.05, 3.63) is 75.2 Å². The van der Waals surface area contributed by atoms with E-state index >= 15 is 0 Å². The molecule has 0 saturated carbocycles. The molecule has 6 nitrogen and oxygen atoms in total. The highest BCUT2D eigenvalue weighted by Crippen LogP contribution is 2.26. The van der Waals surface area contributed by atoms with Crippen LogP contribution in [0.4, 0.5) is 8.78 Å². The van der Waals surface area contributed by atoms with Gasteiger partial charge in [0, 0.05) is 17.5 Å². The second kappa shape index (κ2) is 7.92. The third-order valence-electron chi connectivity index (χ3n) is 4.09. The fourth-order valence-electron chi connectivity index (χ4n) is 2.73. The number of nitrogens with zero attached hydrogens (tertiary/aromatic N) is 4. The van der Waals surface area contributed by atoms with E-state index in [1.807, 2.05) is 6.92 Å². The molecule has 0 aliphatic rings. The topological polar surface area (TPSA) is 73.8 Å². The minimum absolute atomic E-state index is 0.118. The van der Waals surface area contributed by atoms with Crippen LogP contribution in [0.15, 0.2) is 50.8 Å². The summed E-state index contributed by atoms with van der Waals surface area (Å²) < 4.78 is 34.4. The quantitative estimate of drug-likeness (QED) is 0.339. The predicted molar refractivity (Wildman–Crippen MR) is 106 cm³/mol. The van der Waals surface area contributed by atoms with Crippen molar-refractivity contribution in [2.75, 3.05) is 0 Å². The lowest BCUT2D eigenvalue weighted by molar-refractivity contribution is 0.469. The van der Waals surface area contributed by atoms with E-state index in [0.717, 1.165) is 22.4 Å². The Labute approximate surface area is 172 Å². The molecule has 4 rings (SSSR count). The van der Waals surface area contributed by atoms with Crippen LogP contribution in [-0.4, -0.2) is 19.7 Å². The predicted octanol–water partition coefficient (Wildman–Crippen LogP) is 4.56. The van der Waals surface area contributed by atoms with Crippen molar-refractivity contribution in [3.8, 4) is 5.69 Å². The minimum atomic E-state index is -0.886. The van der Waals surface area contributed by atoms with Gasteiger partial charge in [0.2, 0.25) is 11.8 Å². The van der Waals surface area contributed by atoms with Crippen LogP contribution in [0, 0.1) is 11.6 Å². The SMILES string of the molecule is CCc1nnc(CSc2nc3ccc(Cl)cc3c(=O)n2-c2ccc(F)cc2F)o1. The molecule has 0 aliphatic carbocycles. The van der Waals surface area contributed by atoms with E-state index in [1.165, 1.54) is 12.1 Å². The molecular formula is C19H13ClF2N4O2S. The first-order valence-electron chi connectivity index (χ1n) is 8.58. The van der Waals surface area contributed by atoms with Crippen molar-refractivity contribution in [1.29, 1.82) is 0 Å². The Bertz CT molecular complexity index is 1280. The van der Waals surface area contributed by atoms with Gasteiger partial charge in [-0.05, 0) is 30.3 Å². The van der Waals surface area contributed by atoms with Gasteiger partial charge in [-0.25, -0.2) is 13.8 Å². The Morgan fingerprint density at radius 2 is 1.93 bits per heavy atom. The van der Waals surface area contributed by atoms with Crippen molar-refractivity contribution >= 4 is 34.3 Å². The van der Waals surface area contributed by atoms with Crippen molar-refractivity contribution < 1.29 is 13.2 Å². The molecule has 0 atom stereocenters. The van der Waals surface area contributed by atoms with Crippen molar-refractivity contribution in [1.82, 2.24) is 19.7 Å². The van der Waals surface area contributed by atoms with E-state index in [2.05, 4.69) is 15.2 Å². The number of hydrogen-bond acceptors (Lipinski definition) is 6. The van der Waals surface area contributed by atoms with Crippen LogP contribution in [0.1, 0.15) is 18.7 Å². The fourth-order valence-corrected chi connectivity index (χ4v) is 3.74. The van der Waals surface area contributed by atoms with E-state index in [4.69, 9.17) is 16.0 Å². The standard InChI is InChI=1S/C19H13ClF2N4O2S/c1-2-16-24-25-17(28-16)9-29-19-23-14-5-3-10(20)7-12(14)18(27)26(19)15-6-4-11(21)8-13(15)22/h3-8H,2,9H2,1H3. The first kappa shape index (κ1) is 19.5. The zero-order valence-electron chi connectivity index (χ0n) is 15.0. The summed E-state index contributed by atoms with van der Waals surface area (Å²) >= 11 is 7.13. The summed E-state index contributed by atoms with van der Waals surface area (Å²) in [5.74, 6) is -0.569. The molecule has 0 unspecified atom stereocenters. The van der Waals surface area contributed by atoms with Crippen molar-refractivity contribution in [3.63, 3.8) is 0 Å². The largest absolute Gasteiger partial charge is 0.424 e. The van der Waals surface area contributed by atoms with E-state index in [1.54, 1.807) is 12.1 Å². The van der Waals surface area contributed by atoms with E-state index in [9.17, 15) is 13.6 Å². The highest BCUT2D eigenvalue weighted by molar-refractivity contribution is 7.98. The highest BCUT2D eigenvalue weighted by atomic mass is 35.5. The van der Waals surface area contributed by atoms with Crippen LogP contribution in [0.5, 0.6) is 0 Å². The number of thioether (sulfide) groups is 1. The van der Waals surface area contributed by atoms with Gasteiger partial charge in [0.05, 0.1) is 22.3 Å². The van der Waals surface area contributed by atoms with Gasteiger partial charge in [-0.15, -0.1) is 10.2 Å². The lowest BCUT2D eigenvalue weighted by Crippen LogP contribution is -2.22. The van der Waals surface area contributed by atoms with Gasteiger partial charge in [0.1, 0.15) is 11.6 Å². The van der Waals surface area contributed by atoms with Gasteiger partial charge in [-0.3, -0.25) is 9.36 Å². The van der Waals surface area contributed by atoms with Crippen LogP contribution in [-0.2, 0) is 12.2 Å². The summed E-state index contributed by atoms with van der Waals surface area (Å²) in [6.07, 6.45) is 0.595. The lowest BCUT2D eigenvalue weighted by atomic mass is 10.2. The maximum atomic E-state index is 14.5. The number of rotatable bonds is 5. The fraction of sp³-hybridized carbons (Fsp3) is 0.158. The van der Waals surface area contributed by atoms with E-state index < -0.39 is 17.2 Å². The Morgan fingerprint density at radius 3 is 2.66 bits per heavy atom. The van der Waals surface area contributed by atoms with Gasteiger partial charge in [-0.1, -0.05) is 30.3 Å². The third kappa shape index (κ3) is 3.88. The molecule has 0 saturated heterocycles. The number of halogens is 3. The van der Waals surface area contributed by atoms with E-state index in [0.29, 0.717) is 34.8 Å². The summed E-state index contributed by atoms with van der Waals surface area (Å²) in [6.45, 7) is 1.88. The van der Waals surface area contributed by atoms with Gasteiger partial charge >= 0.3 is 0 Å². The molecule has 2 aromatic carbocycles. The molecule has 0 spiro atoms. The number of hydrogen-bond donors (Lipinski definition) is 0. The number of fused-ring (bicyclic) bond motifs is 1. The summed E-state index contributed by atoms with van der Waals surface area (Å²) in [5, 5.41) is 8.60. The van der Waals surface area contributed by atoms with Gasteiger partial charge in [0.25, 0.3) is 5.56 Å². The first-order valence-corrected chi connectivity index (χ1v) is 9.94. The molecule has 29 heavy (non-hydrogen) atoms. The number of aromatic nitrogens is 4. The number of benzene rings is 2. The smallest absolute Gasteiger partial charge is 0.266 e. The highest BCUT2D eigenvalue weighted by Gasteiger charge is 2.18. The van der Waals surface area contributed by atoms with Crippen molar-refractivity contribution in [2.24, 2.45) is 0 Å². The summed E-state index contributed by atoms with van der Waals surface area (Å²) in [4.78, 5) is 17.6. The molecule has 0 amide bonds.